The summed E-state index contributed by atoms with van der Waals surface area (Å²) in [6.45, 7) is 1.63. The maximum atomic E-state index is 9.53. The van der Waals surface area contributed by atoms with Crippen molar-refractivity contribution in [2.45, 2.75) is 19.3 Å². The molecule has 0 fully saturated rings. The van der Waals surface area contributed by atoms with Crippen LogP contribution in [0.25, 0.3) is 10.8 Å². The lowest BCUT2D eigenvalue weighted by Crippen LogP contribution is -2.05. The largest absolute Gasteiger partial charge is 0.508 e. The van der Waals surface area contributed by atoms with E-state index in [4.69, 9.17) is 5.73 Å². The molecule has 2 rings (SSSR count). The van der Waals surface area contributed by atoms with Gasteiger partial charge in [-0.25, -0.2) is 4.98 Å². The third kappa shape index (κ3) is 3.11. The third-order valence-corrected chi connectivity index (χ3v) is 2.92. The van der Waals surface area contributed by atoms with Gasteiger partial charge in [-0.3, -0.25) is 0 Å². The molecule has 2 aromatic rings. The van der Waals surface area contributed by atoms with Gasteiger partial charge in [0.05, 0.1) is 0 Å². The van der Waals surface area contributed by atoms with Gasteiger partial charge in [0.2, 0.25) is 0 Å². The number of anilines is 1. The number of phenolic OH excluding ortho intramolecular Hbond substituents is 1. The van der Waals surface area contributed by atoms with Gasteiger partial charge in [-0.15, -0.1) is 0 Å². The fourth-order valence-electron chi connectivity index (χ4n) is 1.95. The highest BCUT2D eigenvalue weighted by Crippen LogP contribution is 2.24. The monoisotopic (exact) mass is 245 g/mol. The smallest absolute Gasteiger partial charge is 0.133 e. The van der Waals surface area contributed by atoms with Gasteiger partial charge in [0.1, 0.15) is 11.6 Å². The van der Waals surface area contributed by atoms with E-state index in [1.807, 2.05) is 12.1 Å². The van der Waals surface area contributed by atoms with Crippen LogP contribution in [0.15, 0.2) is 30.5 Å². The summed E-state index contributed by atoms with van der Waals surface area (Å²) in [6.07, 6.45) is 5.04. The van der Waals surface area contributed by atoms with Crippen LogP contribution in [0.4, 0.5) is 5.82 Å². The van der Waals surface area contributed by atoms with Gasteiger partial charge in [0.25, 0.3) is 0 Å². The Labute approximate surface area is 107 Å². The first-order valence-corrected chi connectivity index (χ1v) is 6.33. The Morgan fingerprint density at radius 3 is 2.89 bits per heavy atom. The molecule has 0 aliphatic rings. The van der Waals surface area contributed by atoms with Crippen molar-refractivity contribution >= 4 is 16.6 Å². The number of nitrogens with one attached hydrogen (secondary N) is 1. The number of fused-ring (bicyclic) bond motifs is 1. The van der Waals surface area contributed by atoms with E-state index in [-0.39, 0.29) is 5.75 Å². The molecular weight excluding hydrogens is 226 g/mol. The summed E-state index contributed by atoms with van der Waals surface area (Å²) in [5.41, 5.74) is 5.45. The van der Waals surface area contributed by atoms with Gasteiger partial charge in [-0.2, -0.15) is 0 Å². The molecular formula is C14H19N3O. The number of nitrogens with zero attached hydrogens (tertiary/aromatic N) is 1. The van der Waals surface area contributed by atoms with Crippen LogP contribution in [0.1, 0.15) is 19.3 Å². The minimum Gasteiger partial charge on any atom is -0.508 e. The Morgan fingerprint density at radius 2 is 2.06 bits per heavy atom. The van der Waals surface area contributed by atoms with E-state index >= 15 is 0 Å². The Hall–Kier alpha value is -1.81. The topological polar surface area (TPSA) is 71.2 Å². The molecule has 0 atom stereocenters. The van der Waals surface area contributed by atoms with Crippen LogP contribution in [0.3, 0.4) is 0 Å². The van der Waals surface area contributed by atoms with Crippen LogP contribution >= 0.6 is 0 Å². The number of pyridine rings is 1. The van der Waals surface area contributed by atoms with Crippen LogP contribution in [0.5, 0.6) is 5.75 Å². The van der Waals surface area contributed by atoms with Crippen LogP contribution < -0.4 is 11.1 Å². The Kier molecular flexibility index (Phi) is 4.36. The van der Waals surface area contributed by atoms with Crippen molar-refractivity contribution < 1.29 is 5.11 Å². The molecule has 0 radical (unpaired) electrons. The van der Waals surface area contributed by atoms with E-state index in [1.54, 1.807) is 18.3 Å². The maximum Gasteiger partial charge on any atom is 0.133 e. The lowest BCUT2D eigenvalue weighted by Gasteiger charge is -2.08. The Morgan fingerprint density at radius 1 is 1.17 bits per heavy atom. The summed E-state index contributed by atoms with van der Waals surface area (Å²) in [5, 5.41) is 14.9. The quantitative estimate of drug-likeness (QED) is 0.684. The number of hydrogen-bond donors (Lipinski definition) is 3. The van der Waals surface area contributed by atoms with Gasteiger partial charge in [-0.1, -0.05) is 12.5 Å². The molecule has 0 amide bonds. The molecule has 0 spiro atoms. The summed E-state index contributed by atoms with van der Waals surface area (Å²) in [6, 6.07) is 7.26. The van der Waals surface area contributed by atoms with Gasteiger partial charge >= 0.3 is 0 Å². The fourth-order valence-corrected chi connectivity index (χ4v) is 1.95. The second-order valence-corrected chi connectivity index (χ2v) is 4.34. The highest BCUT2D eigenvalue weighted by atomic mass is 16.3. The van der Waals surface area contributed by atoms with E-state index in [0.29, 0.717) is 0 Å². The Balaban J connectivity index is 2.05. The molecule has 1 heterocycles. The second kappa shape index (κ2) is 6.21. The summed E-state index contributed by atoms with van der Waals surface area (Å²) in [7, 11) is 0. The summed E-state index contributed by atoms with van der Waals surface area (Å²) in [4.78, 5) is 4.32. The highest BCUT2D eigenvalue weighted by molar-refractivity contribution is 5.92. The normalized spacial score (nSPS) is 10.7. The first-order valence-electron chi connectivity index (χ1n) is 6.33. The van der Waals surface area contributed by atoms with Crippen molar-refractivity contribution in [2.75, 3.05) is 18.4 Å². The summed E-state index contributed by atoms with van der Waals surface area (Å²) < 4.78 is 0. The van der Waals surface area contributed by atoms with E-state index in [2.05, 4.69) is 10.3 Å². The molecule has 4 N–H and O–H groups in total. The molecule has 1 aromatic carbocycles. The van der Waals surface area contributed by atoms with E-state index < -0.39 is 0 Å². The van der Waals surface area contributed by atoms with E-state index in [9.17, 15) is 5.11 Å². The van der Waals surface area contributed by atoms with Crippen molar-refractivity contribution in [1.29, 1.82) is 0 Å². The number of benzene rings is 1. The van der Waals surface area contributed by atoms with Crippen LogP contribution in [0.2, 0.25) is 0 Å². The van der Waals surface area contributed by atoms with Crippen molar-refractivity contribution in [3.8, 4) is 5.75 Å². The van der Waals surface area contributed by atoms with Gasteiger partial charge < -0.3 is 16.2 Å². The number of hydrogen-bond acceptors (Lipinski definition) is 4. The molecule has 96 valence electrons. The van der Waals surface area contributed by atoms with Crippen LogP contribution in [-0.2, 0) is 0 Å². The zero-order valence-corrected chi connectivity index (χ0v) is 10.4. The van der Waals surface area contributed by atoms with Crippen molar-refractivity contribution in [3.63, 3.8) is 0 Å². The number of aromatic nitrogens is 1. The molecule has 18 heavy (non-hydrogen) atoms. The summed E-state index contributed by atoms with van der Waals surface area (Å²) >= 11 is 0. The molecule has 0 aliphatic heterocycles. The SMILES string of the molecule is NCCCCCNc1nccc2ccc(O)cc12. The maximum absolute atomic E-state index is 9.53. The molecule has 0 unspecified atom stereocenters. The van der Waals surface area contributed by atoms with Crippen LogP contribution in [-0.4, -0.2) is 23.2 Å². The minimum atomic E-state index is 0.265. The first-order chi connectivity index (χ1) is 8.81. The molecule has 1 aromatic heterocycles. The van der Waals surface area contributed by atoms with Crippen molar-refractivity contribution in [2.24, 2.45) is 5.73 Å². The van der Waals surface area contributed by atoms with Gasteiger partial charge in [-0.05, 0) is 43.0 Å². The zero-order chi connectivity index (χ0) is 12.8. The molecule has 0 saturated carbocycles. The summed E-state index contributed by atoms with van der Waals surface area (Å²) in [5.74, 6) is 1.10. The fraction of sp³-hybridized carbons (Fsp3) is 0.357. The van der Waals surface area contributed by atoms with E-state index in [1.165, 1.54) is 0 Å². The zero-order valence-electron chi connectivity index (χ0n) is 10.4. The molecule has 0 aliphatic carbocycles. The standard InChI is InChI=1S/C14H19N3O/c15-7-2-1-3-8-16-14-13-10-12(18)5-4-11(13)6-9-17-14/h4-6,9-10,18H,1-3,7-8,15H2,(H,16,17). The highest BCUT2D eigenvalue weighted by Gasteiger charge is 2.02. The average molecular weight is 245 g/mol. The predicted molar refractivity (Wildman–Crippen MR) is 74.8 cm³/mol. The Bertz CT molecular complexity index is 513. The molecule has 0 bridgehead atoms. The number of nitrogens with two attached hydrogens (primary N) is 1. The lowest BCUT2D eigenvalue weighted by molar-refractivity contribution is 0.476. The molecule has 0 saturated heterocycles. The average Bonchev–Trinajstić information content (AvgIpc) is 2.39. The van der Waals surface area contributed by atoms with Crippen LogP contribution in [0, 0.1) is 0 Å². The van der Waals surface area contributed by atoms with Gasteiger partial charge in [0.15, 0.2) is 0 Å². The van der Waals surface area contributed by atoms with Gasteiger partial charge in [0, 0.05) is 18.1 Å². The number of unbranched alkanes of at least 4 members (excludes halogenated alkanes) is 2. The third-order valence-electron chi connectivity index (χ3n) is 2.92. The number of phenols is 1. The van der Waals surface area contributed by atoms with E-state index in [0.717, 1.165) is 48.9 Å². The number of rotatable bonds is 6. The predicted octanol–water partition coefficient (Wildman–Crippen LogP) is 2.48. The number of aromatic hydroxyl groups is 1. The first kappa shape index (κ1) is 12.6. The minimum absolute atomic E-state index is 0.265. The van der Waals surface area contributed by atoms with Crippen molar-refractivity contribution in [3.05, 3.63) is 30.5 Å². The molecule has 4 heteroatoms. The lowest BCUT2D eigenvalue weighted by atomic mass is 10.1. The van der Waals surface area contributed by atoms with Crippen molar-refractivity contribution in [1.82, 2.24) is 4.98 Å². The second-order valence-electron chi connectivity index (χ2n) is 4.34. The molecule has 4 nitrogen and oxygen atoms in total.